The van der Waals surface area contributed by atoms with Crippen molar-refractivity contribution in [1.29, 1.82) is 0 Å². The van der Waals surface area contributed by atoms with Gasteiger partial charge in [0.05, 0.1) is 17.4 Å². The maximum atomic E-state index is 13.1. The molecular weight excluding hydrogens is 300 g/mol. The Labute approximate surface area is 139 Å². The fourth-order valence-corrected chi connectivity index (χ4v) is 4.34. The molecule has 0 spiro atoms. The highest BCUT2D eigenvalue weighted by molar-refractivity contribution is 5.96. The zero-order chi connectivity index (χ0) is 16.1. The summed E-state index contributed by atoms with van der Waals surface area (Å²) in [5.74, 6) is 0.559. The van der Waals surface area contributed by atoms with Gasteiger partial charge < -0.3 is 9.88 Å². The lowest BCUT2D eigenvalue weighted by molar-refractivity contribution is 0.0595. The summed E-state index contributed by atoms with van der Waals surface area (Å²) in [4.78, 5) is 26.6. The first kappa shape index (κ1) is 13.7. The van der Waals surface area contributed by atoms with Crippen LogP contribution in [0.3, 0.4) is 0 Å². The first-order chi connectivity index (χ1) is 11.8. The summed E-state index contributed by atoms with van der Waals surface area (Å²) in [6.07, 6.45) is 6.45. The maximum Gasteiger partial charge on any atom is 0.255 e. The van der Waals surface area contributed by atoms with E-state index >= 15 is 0 Å². The number of pyridine rings is 1. The monoisotopic (exact) mass is 318 g/mol. The van der Waals surface area contributed by atoms with Crippen LogP contribution in [0.25, 0.3) is 11.2 Å². The molecule has 3 heterocycles. The number of likely N-dealkylation sites (tertiary alicyclic amines) is 1. The molecule has 3 aromatic rings. The molecule has 1 unspecified atom stereocenters. The number of nitrogens with zero attached hydrogens (tertiary/aromatic N) is 3. The first-order valence-corrected chi connectivity index (χ1v) is 8.49. The average Bonchev–Trinajstić information content (AvgIpc) is 3.24. The molecule has 1 fully saturated rings. The molecule has 1 aliphatic heterocycles. The third-order valence-electron chi connectivity index (χ3n) is 5.44. The summed E-state index contributed by atoms with van der Waals surface area (Å²) in [5, 5.41) is 0. The van der Waals surface area contributed by atoms with Crippen molar-refractivity contribution >= 4 is 17.1 Å². The van der Waals surface area contributed by atoms with Crippen molar-refractivity contribution in [2.75, 3.05) is 6.54 Å². The number of carbonyl (C=O) groups is 1. The van der Waals surface area contributed by atoms with E-state index in [1.807, 2.05) is 6.07 Å². The normalized spacial score (nSPS) is 22.4. The van der Waals surface area contributed by atoms with Gasteiger partial charge in [0.1, 0.15) is 0 Å². The SMILES string of the molecule is O=C(c1cnc2nc[nH]c2c1)N1CCCC2c3ccccc3C[C@@H]21. The summed E-state index contributed by atoms with van der Waals surface area (Å²) in [6, 6.07) is 10.8. The Morgan fingerprint density at radius 3 is 3.12 bits per heavy atom. The molecule has 1 N–H and O–H groups in total. The topological polar surface area (TPSA) is 61.9 Å². The minimum atomic E-state index is 0.0847. The number of nitrogens with one attached hydrogen (secondary N) is 1. The summed E-state index contributed by atoms with van der Waals surface area (Å²) in [7, 11) is 0. The zero-order valence-corrected chi connectivity index (χ0v) is 13.3. The van der Waals surface area contributed by atoms with Crippen LogP contribution in [0.5, 0.6) is 0 Å². The predicted octanol–water partition coefficient (Wildman–Crippen LogP) is 2.90. The van der Waals surface area contributed by atoms with Crippen LogP contribution in [-0.4, -0.2) is 38.3 Å². The summed E-state index contributed by atoms with van der Waals surface area (Å²) in [6.45, 7) is 0.828. The van der Waals surface area contributed by atoms with E-state index < -0.39 is 0 Å². The van der Waals surface area contributed by atoms with Gasteiger partial charge in [-0.2, -0.15) is 0 Å². The Bertz CT molecular complexity index is 932. The van der Waals surface area contributed by atoms with Crippen molar-refractivity contribution in [3.63, 3.8) is 0 Å². The second-order valence-corrected chi connectivity index (χ2v) is 6.72. The highest BCUT2D eigenvalue weighted by Gasteiger charge is 2.40. The molecule has 24 heavy (non-hydrogen) atoms. The number of aromatic nitrogens is 3. The number of imidazole rings is 1. The Hall–Kier alpha value is -2.69. The van der Waals surface area contributed by atoms with Gasteiger partial charge in [-0.25, -0.2) is 9.97 Å². The van der Waals surface area contributed by atoms with E-state index in [0.29, 0.717) is 17.1 Å². The van der Waals surface area contributed by atoms with Crippen LogP contribution in [0.15, 0.2) is 42.9 Å². The smallest absolute Gasteiger partial charge is 0.255 e. The van der Waals surface area contributed by atoms with Crippen LogP contribution >= 0.6 is 0 Å². The molecule has 1 aliphatic carbocycles. The van der Waals surface area contributed by atoms with E-state index in [4.69, 9.17) is 0 Å². The van der Waals surface area contributed by atoms with Crippen molar-refractivity contribution in [3.8, 4) is 0 Å². The van der Waals surface area contributed by atoms with E-state index in [0.717, 1.165) is 24.9 Å². The minimum absolute atomic E-state index is 0.0847. The van der Waals surface area contributed by atoms with Crippen LogP contribution in [0.2, 0.25) is 0 Å². The van der Waals surface area contributed by atoms with Gasteiger partial charge in [0.2, 0.25) is 0 Å². The average molecular weight is 318 g/mol. The van der Waals surface area contributed by atoms with Gasteiger partial charge in [-0.05, 0) is 36.5 Å². The van der Waals surface area contributed by atoms with E-state index in [9.17, 15) is 4.79 Å². The molecule has 2 aromatic heterocycles. The quantitative estimate of drug-likeness (QED) is 0.750. The standard InChI is InChI=1S/C19H18N4O/c24-19(13-8-16-18(20-10-13)22-11-21-16)23-7-3-6-15-14-5-2-1-4-12(14)9-17(15)23/h1-2,4-5,8,10-11,15,17H,3,6-7,9H2,(H,20,21,22)/t15?,17-/m0/s1. The van der Waals surface area contributed by atoms with E-state index in [-0.39, 0.29) is 11.9 Å². The first-order valence-electron chi connectivity index (χ1n) is 8.49. The molecular formula is C19H18N4O. The molecule has 2 atom stereocenters. The number of H-pyrrole nitrogens is 1. The van der Waals surface area contributed by atoms with Crippen LogP contribution in [0.4, 0.5) is 0 Å². The van der Waals surface area contributed by atoms with Crippen LogP contribution < -0.4 is 0 Å². The van der Waals surface area contributed by atoms with Gasteiger partial charge in [-0.15, -0.1) is 0 Å². The molecule has 0 radical (unpaired) electrons. The molecule has 1 aromatic carbocycles. The molecule has 0 bridgehead atoms. The fraction of sp³-hybridized carbons (Fsp3) is 0.316. The number of amides is 1. The Balaban J connectivity index is 1.49. The van der Waals surface area contributed by atoms with Crippen molar-refractivity contribution in [1.82, 2.24) is 19.9 Å². The third-order valence-corrected chi connectivity index (χ3v) is 5.44. The number of fused-ring (bicyclic) bond motifs is 4. The molecule has 5 heteroatoms. The number of hydrogen-bond donors (Lipinski definition) is 1. The molecule has 0 saturated carbocycles. The lowest BCUT2D eigenvalue weighted by Crippen LogP contribution is -2.46. The van der Waals surface area contributed by atoms with Gasteiger partial charge in [-0.3, -0.25) is 4.79 Å². The maximum absolute atomic E-state index is 13.1. The van der Waals surface area contributed by atoms with Crippen molar-refractivity contribution in [2.45, 2.75) is 31.2 Å². The number of benzene rings is 1. The van der Waals surface area contributed by atoms with Crippen molar-refractivity contribution in [2.24, 2.45) is 0 Å². The largest absolute Gasteiger partial charge is 0.343 e. The fourth-order valence-electron chi connectivity index (χ4n) is 4.34. The molecule has 2 aliphatic rings. The lowest BCUT2D eigenvalue weighted by Gasteiger charge is -2.38. The molecule has 1 saturated heterocycles. The molecule has 1 amide bonds. The van der Waals surface area contributed by atoms with Gasteiger partial charge >= 0.3 is 0 Å². The van der Waals surface area contributed by atoms with Gasteiger partial charge in [0.15, 0.2) is 5.65 Å². The summed E-state index contributed by atoms with van der Waals surface area (Å²) >= 11 is 0. The van der Waals surface area contributed by atoms with Crippen LogP contribution in [0.1, 0.15) is 40.2 Å². The second kappa shape index (κ2) is 5.16. The number of hydrogen-bond acceptors (Lipinski definition) is 3. The molecule has 120 valence electrons. The zero-order valence-electron chi connectivity index (χ0n) is 13.3. The number of rotatable bonds is 1. The summed E-state index contributed by atoms with van der Waals surface area (Å²) < 4.78 is 0. The third kappa shape index (κ3) is 1.97. The lowest BCUT2D eigenvalue weighted by atomic mass is 9.88. The van der Waals surface area contributed by atoms with Gasteiger partial charge in [0.25, 0.3) is 5.91 Å². The number of carbonyl (C=O) groups excluding carboxylic acids is 1. The summed E-state index contributed by atoms with van der Waals surface area (Å²) in [5.41, 5.74) is 4.93. The molecule has 5 rings (SSSR count). The van der Waals surface area contributed by atoms with Crippen molar-refractivity contribution < 1.29 is 4.79 Å². The minimum Gasteiger partial charge on any atom is -0.343 e. The van der Waals surface area contributed by atoms with Gasteiger partial charge in [0, 0.05) is 24.7 Å². The van der Waals surface area contributed by atoms with Crippen molar-refractivity contribution in [3.05, 3.63) is 59.5 Å². The second-order valence-electron chi connectivity index (χ2n) is 6.72. The van der Waals surface area contributed by atoms with E-state index in [1.54, 1.807) is 12.5 Å². The van der Waals surface area contributed by atoms with E-state index in [2.05, 4.69) is 44.1 Å². The molecule has 5 nitrogen and oxygen atoms in total. The Kier molecular flexibility index (Phi) is 2.95. The highest BCUT2D eigenvalue weighted by Crippen LogP contribution is 2.42. The van der Waals surface area contributed by atoms with Crippen LogP contribution in [0, 0.1) is 0 Å². The van der Waals surface area contributed by atoms with Gasteiger partial charge in [-0.1, -0.05) is 24.3 Å². The Morgan fingerprint density at radius 1 is 1.25 bits per heavy atom. The van der Waals surface area contributed by atoms with Crippen LogP contribution in [-0.2, 0) is 6.42 Å². The van der Waals surface area contributed by atoms with E-state index in [1.165, 1.54) is 17.5 Å². The number of piperidine rings is 1. The predicted molar refractivity (Wildman–Crippen MR) is 90.8 cm³/mol. The number of aromatic amines is 1. The Morgan fingerprint density at radius 2 is 2.17 bits per heavy atom. The highest BCUT2D eigenvalue weighted by atomic mass is 16.2.